The third-order valence-electron chi connectivity index (χ3n) is 6.58. The molecular formula is C33H29N5O. The maximum absolute atomic E-state index is 9.62. The molecule has 0 radical (unpaired) electrons. The van der Waals surface area contributed by atoms with E-state index in [1.165, 1.54) is 0 Å². The van der Waals surface area contributed by atoms with Crippen molar-refractivity contribution in [2.45, 2.75) is 13.3 Å². The minimum absolute atomic E-state index is 0.121. The van der Waals surface area contributed by atoms with Crippen LogP contribution >= 0.6 is 0 Å². The minimum Gasteiger partial charge on any atom is -0.439 e. The van der Waals surface area contributed by atoms with Crippen molar-refractivity contribution in [3.63, 3.8) is 0 Å². The molecule has 0 aromatic heterocycles. The number of allylic oxidation sites excluding steroid dienone is 4. The van der Waals surface area contributed by atoms with E-state index < -0.39 is 0 Å². The molecule has 3 aromatic rings. The molecule has 6 nitrogen and oxygen atoms in total. The molecule has 4 rings (SSSR count). The van der Waals surface area contributed by atoms with E-state index in [1.54, 1.807) is 24.3 Å². The molecule has 1 aliphatic heterocycles. The molecule has 0 amide bonds. The van der Waals surface area contributed by atoms with Gasteiger partial charge in [0.05, 0.1) is 24.9 Å². The summed E-state index contributed by atoms with van der Waals surface area (Å²) in [5.41, 5.74) is 4.24. The van der Waals surface area contributed by atoms with Crippen molar-refractivity contribution in [3.05, 3.63) is 137 Å². The highest BCUT2D eigenvalue weighted by Crippen LogP contribution is 2.42. The summed E-state index contributed by atoms with van der Waals surface area (Å²) in [6.45, 7) is 20.1. The van der Waals surface area contributed by atoms with E-state index in [-0.39, 0.29) is 11.4 Å². The average Bonchev–Trinajstić information content (AvgIpc) is 3.34. The second-order valence-electron chi connectivity index (χ2n) is 9.03. The highest BCUT2D eigenvalue weighted by molar-refractivity contribution is 5.86. The largest absolute Gasteiger partial charge is 0.439 e. The van der Waals surface area contributed by atoms with Gasteiger partial charge in [-0.15, -0.1) is 0 Å². The van der Waals surface area contributed by atoms with Crippen LogP contribution in [0.4, 0.5) is 5.69 Å². The SMILES string of the molecule is [C-]#[N+]C(=CC=C1Oc2ccc(-c3ccccc3)cc2N1CCCN(C)CC)/C(=C(\C#N)[N+]#[C-])c1ccccc1. The van der Waals surface area contributed by atoms with Crippen molar-refractivity contribution in [1.29, 1.82) is 5.26 Å². The molecule has 1 heterocycles. The zero-order valence-electron chi connectivity index (χ0n) is 22.1. The number of hydrogen-bond acceptors (Lipinski definition) is 4. The summed E-state index contributed by atoms with van der Waals surface area (Å²) >= 11 is 0. The summed E-state index contributed by atoms with van der Waals surface area (Å²) in [4.78, 5) is 11.5. The lowest BCUT2D eigenvalue weighted by Crippen LogP contribution is -2.26. The summed E-state index contributed by atoms with van der Waals surface area (Å²) < 4.78 is 6.27. The van der Waals surface area contributed by atoms with Gasteiger partial charge in [0.2, 0.25) is 0 Å². The van der Waals surface area contributed by atoms with Gasteiger partial charge in [-0.25, -0.2) is 15.0 Å². The first-order valence-corrected chi connectivity index (χ1v) is 12.8. The Hall–Kier alpha value is -5.09. The topological polar surface area (TPSA) is 48.2 Å². The Morgan fingerprint density at radius 1 is 1.00 bits per heavy atom. The quantitative estimate of drug-likeness (QED) is 0.171. The molecule has 192 valence electrons. The van der Waals surface area contributed by atoms with Gasteiger partial charge in [0.25, 0.3) is 5.70 Å². The van der Waals surface area contributed by atoms with E-state index in [4.69, 9.17) is 17.9 Å². The van der Waals surface area contributed by atoms with Crippen LogP contribution in [0, 0.1) is 24.5 Å². The highest BCUT2D eigenvalue weighted by atomic mass is 16.5. The van der Waals surface area contributed by atoms with Gasteiger partial charge in [-0.05, 0) is 61.5 Å². The number of nitriles is 1. The molecule has 0 aliphatic carbocycles. The van der Waals surface area contributed by atoms with E-state index in [1.807, 2.05) is 54.6 Å². The molecule has 39 heavy (non-hydrogen) atoms. The predicted octanol–water partition coefficient (Wildman–Crippen LogP) is 7.39. The third-order valence-corrected chi connectivity index (χ3v) is 6.58. The minimum atomic E-state index is -0.121. The van der Waals surface area contributed by atoms with E-state index in [2.05, 4.69) is 51.7 Å². The number of nitrogens with zero attached hydrogens (tertiary/aromatic N) is 5. The summed E-state index contributed by atoms with van der Waals surface area (Å²) in [5, 5.41) is 9.62. The van der Waals surface area contributed by atoms with Gasteiger partial charge >= 0.3 is 0 Å². The van der Waals surface area contributed by atoms with E-state index in [9.17, 15) is 5.26 Å². The zero-order valence-corrected chi connectivity index (χ0v) is 22.1. The predicted molar refractivity (Wildman–Crippen MR) is 156 cm³/mol. The van der Waals surface area contributed by atoms with E-state index >= 15 is 0 Å². The summed E-state index contributed by atoms with van der Waals surface area (Å²) in [6.07, 6.45) is 4.33. The van der Waals surface area contributed by atoms with Crippen molar-refractivity contribution >= 4 is 11.3 Å². The van der Waals surface area contributed by atoms with Crippen molar-refractivity contribution in [2.75, 3.05) is 31.6 Å². The Bertz CT molecular complexity index is 1520. The first kappa shape index (κ1) is 27.0. The standard InChI is InChI=1S/C33H29N5O/c1-5-37(4)21-12-22-38-30-23-27(25-13-8-6-9-14-25)17-19-31(30)39-32(38)20-18-28(35-2)33(29(24-34)36-3)26-15-10-7-11-16-26/h6-11,13-20,23H,5,12,21-22H2,1,4H3/b28-18?,32-20?,33-29+. The molecule has 0 atom stereocenters. The number of anilines is 1. The van der Waals surface area contributed by atoms with Crippen LogP contribution in [0.3, 0.4) is 0 Å². The first-order valence-electron chi connectivity index (χ1n) is 12.8. The van der Waals surface area contributed by atoms with Crippen LogP contribution in [0.1, 0.15) is 18.9 Å². The summed E-state index contributed by atoms with van der Waals surface area (Å²) in [6, 6.07) is 27.4. The fraction of sp³-hybridized carbons (Fsp3) is 0.182. The fourth-order valence-corrected chi connectivity index (χ4v) is 4.40. The highest BCUT2D eigenvalue weighted by Gasteiger charge is 2.26. The van der Waals surface area contributed by atoms with Gasteiger partial charge in [-0.2, -0.15) is 0 Å². The molecule has 3 aromatic carbocycles. The number of fused-ring (bicyclic) bond motifs is 1. The van der Waals surface area contributed by atoms with Gasteiger partial charge in [-0.1, -0.05) is 79.7 Å². The van der Waals surface area contributed by atoms with Crippen LogP contribution in [-0.4, -0.2) is 31.6 Å². The van der Waals surface area contributed by atoms with Crippen molar-refractivity contribution in [1.82, 2.24) is 4.90 Å². The molecule has 1 aliphatic rings. The smallest absolute Gasteiger partial charge is 0.259 e. The van der Waals surface area contributed by atoms with Crippen LogP contribution in [-0.2, 0) is 0 Å². The molecule has 0 saturated heterocycles. The zero-order chi connectivity index (χ0) is 27.6. The van der Waals surface area contributed by atoms with Crippen LogP contribution in [0.2, 0.25) is 0 Å². The maximum atomic E-state index is 9.62. The molecule has 0 spiro atoms. The van der Waals surface area contributed by atoms with Crippen molar-refractivity contribution < 1.29 is 4.74 Å². The second-order valence-corrected chi connectivity index (χ2v) is 9.03. The Labute approximate surface area is 230 Å². The molecule has 0 fully saturated rings. The Morgan fingerprint density at radius 3 is 2.36 bits per heavy atom. The summed E-state index contributed by atoms with van der Waals surface area (Å²) in [5.74, 6) is 1.35. The van der Waals surface area contributed by atoms with Gasteiger partial charge in [0.15, 0.2) is 17.3 Å². The van der Waals surface area contributed by atoms with Crippen LogP contribution in [0.25, 0.3) is 26.4 Å². The Balaban J connectivity index is 1.75. The number of rotatable bonds is 9. The second kappa shape index (κ2) is 12.9. The van der Waals surface area contributed by atoms with Crippen LogP contribution < -0.4 is 9.64 Å². The number of ether oxygens (including phenoxy) is 1. The third kappa shape index (κ3) is 6.25. The number of hydrogen-bond donors (Lipinski definition) is 0. The van der Waals surface area contributed by atoms with Gasteiger partial charge in [0, 0.05) is 12.1 Å². The normalized spacial score (nSPS) is 14.2. The molecule has 0 bridgehead atoms. The molecule has 0 saturated carbocycles. The maximum Gasteiger partial charge on any atom is 0.259 e. The van der Waals surface area contributed by atoms with Crippen molar-refractivity contribution in [3.8, 4) is 22.9 Å². The Morgan fingerprint density at radius 2 is 1.72 bits per heavy atom. The van der Waals surface area contributed by atoms with Gasteiger partial charge in [0.1, 0.15) is 0 Å². The van der Waals surface area contributed by atoms with Crippen molar-refractivity contribution in [2.24, 2.45) is 0 Å². The summed E-state index contributed by atoms with van der Waals surface area (Å²) in [7, 11) is 2.10. The first-order chi connectivity index (χ1) is 19.1. The molecule has 0 unspecified atom stereocenters. The fourth-order valence-electron chi connectivity index (χ4n) is 4.40. The van der Waals surface area contributed by atoms with Crippen LogP contribution in [0.15, 0.2) is 108 Å². The van der Waals surface area contributed by atoms with E-state index in [0.717, 1.165) is 48.6 Å². The lowest BCUT2D eigenvalue weighted by molar-refractivity contribution is 0.346. The monoisotopic (exact) mass is 511 g/mol. The van der Waals surface area contributed by atoms with Crippen LogP contribution in [0.5, 0.6) is 5.75 Å². The number of benzene rings is 3. The molecule has 6 heteroatoms. The van der Waals surface area contributed by atoms with Gasteiger partial charge in [-0.3, -0.25) is 0 Å². The average molecular weight is 512 g/mol. The van der Waals surface area contributed by atoms with Gasteiger partial charge < -0.3 is 14.5 Å². The lowest BCUT2D eigenvalue weighted by Gasteiger charge is -2.21. The lowest BCUT2D eigenvalue weighted by atomic mass is 10.0. The molecular weight excluding hydrogens is 482 g/mol. The Kier molecular flexibility index (Phi) is 8.94. The van der Waals surface area contributed by atoms with E-state index in [0.29, 0.717) is 17.0 Å². The molecule has 0 N–H and O–H groups in total.